The Labute approximate surface area is 121 Å². The lowest BCUT2D eigenvalue weighted by atomic mass is 10.1. The van der Waals surface area contributed by atoms with E-state index in [9.17, 15) is 4.79 Å². The van der Waals surface area contributed by atoms with Crippen LogP contribution in [0.1, 0.15) is 29.6 Å². The van der Waals surface area contributed by atoms with Gasteiger partial charge in [-0.2, -0.15) is 0 Å². The number of fused-ring (bicyclic) bond motifs is 1. The Morgan fingerprint density at radius 2 is 2.26 bits per heavy atom. The number of halogens is 1. The van der Waals surface area contributed by atoms with Crippen molar-refractivity contribution in [2.75, 3.05) is 18.9 Å². The van der Waals surface area contributed by atoms with Crippen LogP contribution in [0.15, 0.2) is 22.7 Å². The largest absolute Gasteiger partial charge is 0.398 e. The fourth-order valence-electron chi connectivity index (χ4n) is 3.05. The summed E-state index contributed by atoms with van der Waals surface area (Å²) in [6.45, 7) is 1.28. The number of nitrogens with zero attached hydrogens (tertiary/aromatic N) is 1. The van der Waals surface area contributed by atoms with Gasteiger partial charge in [-0.1, -0.05) is 15.9 Å². The molecule has 5 heteroatoms. The van der Waals surface area contributed by atoms with Crippen LogP contribution in [0, 0.1) is 0 Å². The summed E-state index contributed by atoms with van der Waals surface area (Å²) < 4.78 is 6.61. The summed E-state index contributed by atoms with van der Waals surface area (Å²) in [7, 11) is 0. The van der Waals surface area contributed by atoms with E-state index in [1.165, 1.54) is 0 Å². The van der Waals surface area contributed by atoms with Gasteiger partial charge in [0.05, 0.1) is 24.3 Å². The molecular formula is C14H17BrN2O2. The van der Waals surface area contributed by atoms with Gasteiger partial charge in [0.15, 0.2) is 0 Å². The average molecular weight is 325 g/mol. The zero-order valence-corrected chi connectivity index (χ0v) is 12.2. The molecule has 1 aromatic rings. The van der Waals surface area contributed by atoms with Gasteiger partial charge in [0.1, 0.15) is 0 Å². The molecule has 1 aromatic carbocycles. The third-order valence-electron chi connectivity index (χ3n) is 3.99. The van der Waals surface area contributed by atoms with E-state index < -0.39 is 0 Å². The van der Waals surface area contributed by atoms with Crippen LogP contribution in [-0.2, 0) is 4.74 Å². The van der Waals surface area contributed by atoms with Crippen molar-refractivity contribution in [3.8, 4) is 0 Å². The number of nitrogens with two attached hydrogens (primary N) is 1. The molecule has 1 aliphatic heterocycles. The summed E-state index contributed by atoms with van der Waals surface area (Å²) in [6, 6.07) is 5.64. The van der Waals surface area contributed by atoms with Crippen molar-refractivity contribution < 1.29 is 9.53 Å². The molecule has 0 aromatic heterocycles. The molecule has 3 rings (SSSR count). The molecule has 1 amide bonds. The molecule has 0 radical (unpaired) electrons. The number of anilines is 1. The molecule has 4 nitrogen and oxygen atoms in total. The highest BCUT2D eigenvalue weighted by molar-refractivity contribution is 9.10. The van der Waals surface area contributed by atoms with Crippen LogP contribution in [0.25, 0.3) is 0 Å². The minimum Gasteiger partial charge on any atom is -0.398 e. The first-order valence-corrected chi connectivity index (χ1v) is 7.44. The molecular weight excluding hydrogens is 308 g/mol. The van der Waals surface area contributed by atoms with Crippen molar-refractivity contribution in [1.29, 1.82) is 0 Å². The predicted octanol–water partition coefficient (Wildman–Crippen LogP) is 2.42. The molecule has 2 atom stereocenters. The van der Waals surface area contributed by atoms with E-state index in [1.54, 1.807) is 12.1 Å². The Morgan fingerprint density at radius 3 is 3.11 bits per heavy atom. The number of rotatable bonds is 1. The lowest BCUT2D eigenvalue weighted by Gasteiger charge is -2.37. The molecule has 0 bridgehead atoms. The second-order valence-electron chi connectivity index (χ2n) is 5.14. The predicted molar refractivity (Wildman–Crippen MR) is 77.0 cm³/mol. The lowest BCUT2D eigenvalue weighted by molar-refractivity contribution is -0.0445. The van der Waals surface area contributed by atoms with Crippen LogP contribution in [0.3, 0.4) is 0 Å². The fraction of sp³-hybridized carbons (Fsp3) is 0.500. The first kappa shape index (κ1) is 12.9. The molecule has 102 valence electrons. The summed E-state index contributed by atoms with van der Waals surface area (Å²) in [5.41, 5.74) is 7.06. The van der Waals surface area contributed by atoms with Crippen molar-refractivity contribution in [3.63, 3.8) is 0 Å². The normalized spacial score (nSPS) is 26.3. The molecule has 1 aliphatic carbocycles. The maximum absolute atomic E-state index is 12.7. The molecule has 2 N–H and O–H groups in total. The maximum atomic E-state index is 12.7. The second-order valence-corrected chi connectivity index (χ2v) is 6.05. The number of carbonyl (C=O) groups is 1. The first-order valence-electron chi connectivity index (χ1n) is 6.64. The van der Waals surface area contributed by atoms with Gasteiger partial charge >= 0.3 is 0 Å². The van der Waals surface area contributed by atoms with Gasteiger partial charge in [0.25, 0.3) is 5.91 Å². The number of nitrogen functional groups attached to an aromatic ring is 1. The van der Waals surface area contributed by atoms with E-state index >= 15 is 0 Å². The number of morpholine rings is 1. The van der Waals surface area contributed by atoms with Gasteiger partial charge < -0.3 is 15.4 Å². The Kier molecular flexibility index (Phi) is 3.50. The second kappa shape index (κ2) is 5.13. The van der Waals surface area contributed by atoms with Crippen LogP contribution in [-0.4, -0.2) is 36.1 Å². The minimum absolute atomic E-state index is 0.0269. The standard InChI is InChI=1S/C14H17BrN2O2/c15-9-4-5-11(16)10(8-9)14(18)17-6-7-19-13-3-1-2-12(13)17/h4-5,8,12-13H,1-3,6-7,16H2. The Morgan fingerprint density at radius 1 is 1.42 bits per heavy atom. The Bertz CT molecular complexity index is 506. The highest BCUT2D eigenvalue weighted by Gasteiger charge is 2.38. The van der Waals surface area contributed by atoms with E-state index in [4.69, 9.17) is 10.5 Å². The van der Waals surface area contributed by atoms with Gasteiger partial charge in [0, 0.05) is 16.7 Å². The monoisotopic (exact) mass is 324 g/mol. The summed E-state index contributed by atoms with van der Waals surface area (Å²) in [5, 5.41) is 0. The van der Waals surface area contributed by atoms with E-state index in [0.29, 0.717) is 24.4 Å². The zero-order valence-electron chi connectivity index (χ0n) is 10.6. The highest BCUT2D eigenvalue weighted by Crippen LogP contribution is 2.31. The van der Waals surface area contributed by atoms with Crippen molar-refractivity contribution in [2.45, 2.75) is 31.4 Å². The maximum Gasteiger partial charge on any atom is 0.256 e. The van der Waals surface area contributed by atoms with Crippen LogP contribution in [0.5, 0.6) is 0 Å². The van der Waals surface area contributed by atoms with Crippen molar-refractivity contribution in [3.05, 3.63) is 28.2 Å². The number of hydrogen-bond donors (Lipinski definition) is 1. The van der Waals surface area contributed by atoms with Gasteiger partial charge in [0.2, 0.25) is 0 Å². The molecule has 1 saturated carbocycles. The Hall–Kier alpha value is -1.07. The minimum atomic E-state index is 0.0269. The van der Waals surface area contributed by atoms with Gasteiger partial charge in [-0.15, -0.1) is 0 Å². The highest BCUT2D eigenvalue weighted by atomic mass is 79.9. The molecule has 19 heavy (non-hydrogen) atoms. The SMILES string of the molecule is Nc1ccc(Br)cc1C(=O)N1CCOC2CCCC21. The van der Waals surface area contributed by atoms with Gasteiger partial charge in [-0.25, -0.2) is 0 Å². The number of hydrogen-bond acceptors (Lipinski definition) is 3. The zero-order chi connectivity index (χ0) is 13.4. The smallest absolute Gasteiger partial charge is 0.256 e. The average Bonchev–Trinajstić information content (AvgIpc) is 2.89. The number of amides is 1. The Balaban J connectivity index is 1.88. The number of ether oxygens (including phenoxy) is 1. The van der Waals surface area contributed by atoms with Gasteiger partial charge in [-0.05, 0) is 37.5 Å². The van der Waals surface area contributed by atoms with E-state index in [2.05, 4.69) is 15.9 Å². The van der Waals surface area contributed by atoms with Gasteiger partial charge in [-0.3, -0.25) is 4.79 Å². The van der Waals surface area contributed by atoms with Crippen LogP contribution in [0.2, 0.25) is 0 Å². The van der Waals surface area contributed by atoms with Crippen LogP contribution >= 0.6 is 15.9 Å². The van der Waals surface area contributed by atoms with E-state index in [-0.39, 0.29) is 18.1 Å². The summed E-state index contributed by atoms with van der Waals surface area (Å²) in [6.07, 6.45) is 3.44. The number of carbonyl (C=O) groups excluding carboxylic acids is 1. The third-order valence-corrected chi connectivity index (χ3v) is 4.48. The summed E-state index contributed by atoms with van der Waals surface area (Å²) in [5.74, 6) is 0.0269. The molecule has 1 saturated heterocycles. The first-order chi connectivity index (χ1) is 9.16. The third kappa shape index (κ3) is 2.37. The van der Waals surface area contributed by atoms with E-state index in [1.807, 2.05) is 11.0 Å². The van der Waals surface area contributed by atoms with Crippen molar-refractivity contribution >= 4 is 27.5 Å². The molecule has 2 unspecified atom stereocenters. The summed E-state index contributed by atoms with van der Waals surface area (Å²) >= 11 is 3.39. The van der Waals surface area contributed by atoms with E-state index in [0.717, 1.165) is 23.7 Å². The lowest BCUT2D eigenvalue weighted by Crippen LogP contribution is -2.51. The number of benzene rings is 1. The topological polar surface area (TPSA) is 55.6 Å². The molecule has 0 spiro atoms. The summed E-state index contributed by atoms with van der Waals surface area (Å²) in [4.78, 5) is 14.6. The molecule has 2 fully saturated rings. The van der Waals surface area contributed by atoms with Crippen molar-refractivity contribution in [2.24, 2.45) is 0 Å². The fourth-order valence-corrected chi connectivity index (χ4v) is 3.41. The van der Waals surface area contributed by atoms with Crippen molar-refractivity contribution in [1.82, 2.24) is 4.90 Å². The molecule has 2 aliphatic rings. The van der Waals surface area contributed by atoms with Crippen LogP contribution < -0.4 is 5.73 Å². The van der Waals surface area contributed by atoms with Crippen LogP contribution in [0.4, 0.5) is 5.69 Å². The quantitative estimate of drug-likeness (QED) is 0.807. The molecule has 1 heterocycles.